The Hall–Kier alpha value is -1.60. The SMILES string of the molecule is [Pd].c1ccc([PH+](c2ccccc2)C2CCCC2)cc1.c1ccc([PH+](c2ccccc2)C2CCCC2)cc1. The van der Waals surface area contributed by atoms with Gasteiger partial charge in [0.1, 0.15) is 0 Å². The zero-order valence-electron chi connectivity index (χ0n) is 21.7. The summed E-state index contributed by atoms with van der Waals surface area (Å²) in [6.45, 7) is 0. The molecule has 0 aromatic heterocycles. The third-order valence-corrected chi connectivity index (χ3v) is 14.5. The van der Waals surface area contributed by atoms with Crippen molar-refractivity contribution in [1.82, 2.24) is 0 Å². The monoisotopic (exact) mass is 616 g/mol. The van der Waals surface area contributed by atoms with Crippen molar-refractivity contribution < 1.29 is 20.4 Å². The van der Waals surface area contributed by atoms with E-state index >= 15 is 0 Å². The molecular weight excluding hydrogens is 577 g/mol. The average molecular weight is 617 g/mol. The van der Waals surface area contributed by atoms with E-state index in [0.717, 1.165) is 11.3 Å². The van der Waals surface area contributed by atoms with Gasteiger partial charge in [0, 0.05) is 20.4 Å². The second kappa shape index (κ2) is 15.1. The van der Waals surface area contributed by atoms with Gasteiger partial charge in [-0.25, -0.2) is 0 Å². The molecule has 2 aliphatic carbocycles. The molecular formula is C34H40P2Pd+2. The Morgan fingerprint density at radius 3 is 0.784 bits per heavy atom. The Bertz CT molecular complexity index is 966. The molecule has 37 heavy (non-hydrogen) atoms. The van der Waals surface area contributed by atoms with Crippen LogP contribution in [0.2, 0.25) is 0 Å². The zero-order chi connectivity index (χ0) is 24.4. The van der Waals surface area contributed by atoms with Crippen molar-refractivity contribution in [3.05, 3.63) is 121 Å². The van der Waals surface area contributed by atoms with Gasteiger partial charge in [0.25, 0.3) is 0 Å². The van der Waals surface area contributed by atoms with Crippen LogP contribution in [-0.2, 0) is 20.4 Å². The van der Waals surface area contributed by atoms with E-state index in [-0.39, 0.29) is 20.4 Å². The maximum absolute atomic E-state index is 2.33. The Kier molecular flexibility index (Phi) is 11.6. The third kappa shape index (κ3) is 7.72. The van der Waals surface area contributed by atoms with E-state index in [9.17, 15) is 0 Å². The fourth-order valence-corrected chi connectivity index (χ4v) is 12.9. The minimum atomic E-state index is -0.577. The molecule has 0 unspecified atom stereocenters. The van der Waals surface area contributed by atoms with Crippen LogP contribution in [0.4, 0.5) is 0 Å². The van der Waals surface area contributed by atoms with Gasteiger partial charge in [0.15, 0.2) is 0 Å². The van der Waals surface area contributed by atoms with Crippen LogP contribution < -0.4 is 21.2 Å². The zero-order valence-corrected chi connectivity index (χ0v) is 25.2. The van der Waals surface area contributed by atoms with Gasteiger partial charge in [-0.2, -0.15) is 0 Å². The molecule has 194 valence electrons. The van der Waals surface area contributed by atoms with Gasteiger partial charge in [-0.15, -0.1) is 0 Å². The molecule has 2 saturated carbocycles. The van der Waals surface area contributed by atoms with Crippen LogP contribution in [0.1, 0.15) is 51.4 Å². The topological polar surface area (TPSA) is 0 Å². The molecule has 0 aliphatic heterocycles. The van der Waals surface area contributed by atoms with E-state index in [1.165, 1.54) is 51.4 Å². The van der Waals surface area contributed by atoms with Crippen LogP contribution in [0.5, 0.6) is 0 Å². The van der Waals surface area contributed by atoms with E-state index in [4.69, 9.17) is 0 Å². The molecule has 4 aromatic rings. The van der Waals surface area contributed by atoms with Crippen LogP contribution in [0.25, 0.3) is 0 Å². The Labute approximate surface area is 240 Å². The minimum Gasteiger partial charge on any atom is -0.0620 e. The van der Waals surface area contributed by atoms with Crippen LogP contribution >= 0.6 is 15.8 Å². The molecule has 6 rings (SSSR count). The summed E-state index contributed by atoms with van der Waals surface area (Å²) in [5.41, 5.74) is 1.86. The minimum absolute atomic E-state index is 0. The number of hydrogen-bond donors (Lipinski definition) is 0. The second-order valence-electron chi connectivity index (χ2n) is 10.3. The maximum Gasteiger partial charge on any atom is 0.0969 e. The molecule has 0 heterocycles. The van der Waals surface area contributed by atoms with Gasteiger partial charge < -0.3 is 0 Å². The summed E-state index contributed by atoms with van der Waals surface area (Å²) in [4.78, 5) is 0. The molecule has 4 aromatic carbocycles. The summed E-state index contributed by atoms with van der Waals surface area (Å²) in [6.07, 6.45) is 11.4. The van der Waals surface area contributed by atoms with Crippen molar-refractivity contribution in [2.45, 2.75) is 62.7 Å². The third-order valence-electron chi connectivity index (χ3n) is 7.87. The average Bonchev–Trinajstić information content (AvgIpc) is 3.68. The summed E-state index contributed by atoms with van der Waals surface area (Å²) in [6, 6.07) is 44.7. The fraction of sp³-hybridized carbons (Fsp3) is 0.294. The normalized spacial score (nSPS) is 15.8. The van der Waals surface area contributed by atoms with Gasteiger partial charge in [0.05, 0.1) is 48.4 Å². The molecule has 0 nitrogen and oxygen atoms in total. The Balaban J connectivity index is 0.000000168. The van der Waals surface area contributed by atoms with E-state index in [1.807, 2.05) is 0 Å². The molecule has 0 atom stereocenters. The predicted octanol–water partition coefficient (Wildman–Crippen LogP) is 7.59. The first kappa shape index (κ1) is 28.4. The van der Waals surface area contributed by atoms with Crippen LogP contribution in [0.3, 0.4) is 0 Å². The summed E-state index contributed by atoms with van der Waals surface area (Å²) in [5.74, 6) is 0. The predicted molar refractivity (Wildman–Crippen MR) is 165 cm³/mol. The fourth-order valence-electron chi connectivity index (χ4n) is 6.18. The van der Waals surface area contributed by atoms with E-state index in [2.05, 4.69) is 121 Å². The van der Waals surface area contributed by atoms with Crippen molar-refractivity contribution in [3.63, 3.8) is 0 Å². The van der Waals surface area contributed by atoms with Crippen molar-refractivity contribution in [2.75, 3.05) is 0 Å². The van der Waals surface area contributed by atoms with Crippen LogP contribution in [0, 0.1) is 0 Å². The van der Waals surface area contributed by atoms with Crippen molar-refractivity contribution in [3.8, 4) is 0 Å². The molecule has 0 amide bonds. The van der Waals surface area contributed by atoms with E-state index in [0.29, 0.717) is 0 Å². The molecule has 2 aliphatic rings. The molecule has 0 saturated heterocycles. The van der Waals surface area contributed by atoms with E-state index in [1.54, 1.807) is 21.2 Å². The number of benzene rings is 4. The van der Waals surface area contributed by atoms with Crippen molar-refractivity contribution in [1.29, 1.82) is 0 Å². The largest absolute Gasteiger partial charge is 0.0969 e. The first-order valence-corrected chi connectivity index (χ1v) is 17.0. The van der Waals surface area contributed by atoms with Gasteiger partial charge in [-0.3, -0.25) is 0 Å². The molecule has 0 bridgehead atoms. The Morgan fingerprint density at radius 2 is 0.568 bits per heavy atom. The molecule has 0 N–H and O–H groups in total. The molecule has 2 fully saturated rings. The van der Waals surface area contributed by atoms with Gasteiger partial charge in [0.2, 0.25) is 0 Å². The first-order chi connectivity index (χ1) is 17.9. The second-order valence-corrected chi connectivity index (χ2v) is 15.9. The summed E-state index contributed by atoms with van der Waals surface area (Å²) in [7, 11) is -1.15. The van der Waals surface area contributed by atoms with Gasteiger partial charge in [-0.1, -0.05) is 72.8 Å². The quantitative estimate of drug-likeness (QED) is 0.155. The van der Waals surface area contributed by atoms with Gasteiger partial charge >= 0.3 is 0 Å². The van der Waals surface area contributed by atoms with Gasteiger partial charge in [-0.05, 0) is 99.9 Å². The summed E-state index contributed by atoms with van der Waals surface area (Å²) in [5, 5.41) is 6.34. The number of rotatable bonds is 6. The van der Waals surface area contributed by atoms with Crippen molar-refractivity contribution in [2.24, 2.45) is 0 Å². The maximum atomic E-state index is 2.33. The molecule has 0 radical (unpaired) electrons. The van der Waals surface area contributed by atoms with Crippen LogP contribution in [-0.4, -0.2) is 11.3 Å². The molecule has 0 spiro atoms. The van der Waals surface area contributed by atoms with Crippen LogP contribution in [0.15, 0.2) is 121 Å². The Morgan fingerprint density at radius 1 is 0.351 bits per heavy atom. The smallest absolute Gasteiger partial charge is 0.0620 e. The molecule has 3 heteroatoms. The summed E-state index contributed by atoms with van der Waals surface area (Å²) >= 11 is 0. The van der Waals surface area contributed by atoms with Crippen molar-refractivity contribution >= 4 is 37.1 Å². The first-order valence-electron chi connectivity index (χ1n) is 13.9. The van der Waals surface area contributed by atoms with E-state index < -0.39 is 15.8 Å². The number of hydrogen-bond acceptors (Lipinski definition) is 0. The summed E-state index contributed by atoms with van der Waals surface area (Å²) < 4.78 is 0. The standard InChI is InChI=1S/2C17H19P.Pd/c2*1-3-9-15(10-4-1)18(17-13-7-8-14-17)16-11-5-2-6-12-16;/h2*1-6,9-12,17H,7-8,13-14H2;/p+2.